The van der Waals surface area contributed by atoms with Gasteiger partial charge in [-0.3, -0.25) is 4.79 Å². The minimum atomic E-state index is -0.849. The molecule has 0 aromatic heterocycles. The third-order valence-electron chi connectivity index (χ3n) is 3.96. The molecule has 0 fully saturated rings. The number of aryl methyl sites for hydroxylation is 1. The highest BCUT2D eigenvalue weighted by molar-refractivity contribution is 7.99. The van der Waals surface area contributed by atoms with E-state index in [0.717, 1.165) is 22.4 Å². The van der Waals surface area contributed by atoms with Crippen LogP contribution in [-0.2, 0) is 4.79 Å². The highest BCUT2D eigenvalue weighted by Gasteiger charge is 2.19. The Morgan fingerprint density at radius 3 is 2.71 bits per heavy atom. The van der Waals surface area contributed by atoms with E-state index in [0.29, 0.717) is 22.0 Å². The van der Waals surface area contributed by atoms with Crippen LogP contribution in [0.4, 0.5) is 5.69 Å². The molecule has 0 saturated heterocycles. The maximum absolute atomic E-state index is 12.0. The van der Waals surface area contributed by atoms with Crippen molar-refractivity contribution in [3.05, 3.63) is 63.7 Å². The Balaban J connectivity index is 2.36. The van der Waals surface area contributed by atoms with E-state index in [2.05, 4.69) is 5.32 Å². The number of benzene rings is 2. The minimum Gasteiger partial charge on any atom is -0.384 e. The lowest BCUT2D eigenvalue weighted by Crippen LogP contribution is -2.17. The summed E-state index contributed by atoms with van der Waals surface area (Å²) >= 11 is 7.66. The van der Waals surface area contributed by atoms with Crippen LogP contribution in [0.1, 0.15) is 35.3 Å². The molecule has 0 radical (unpaired) electrons. The Morgan fingerprint density at radius 2 is 2.00 bits per heavy atom. The zero-order valence-corrected chi connectivity index (χ0v) is 15.7. The standard InChI is InChI=1S/C19H22ClNO2S/c1-4-24-11-18(22)21-17-9-8-14(20)10-16(17)19(23)15-7-5-6-12(2)13(15)3/h5-10,19,23H,4,11H2,1-3H3,(H,21,22)/t19-/m1/s1. The number of halogens is 1. The molecule has 0 aliphatic heterocycles. The van der Waals surface area contributed by atoms with Crippen molar-refractivity contribution in [1.29, 1.82) is 0 Å². The van der Waals surface area contributed by atoms with Crippen LogP contribution < -0.4 is 5.32 Å². The van der Waals surface area contributed by atoms with E-state index >= 15 is 0 Å². The first-order valence-corrected chi connectivity index (χ1v) is 9.38. The van der Waals surface area contributed by atoms with E-state index in [1.807, 2.05) is 39.0 Å². The fraction of sp³-hybridized carbons (Fsp3) is 0.316. The van der Waals surface area contributed by atoms with E-state index in [1.165, 1.54) is 0 Å². The third kappa shape index (κ3) is 4.53. The first-order chi connectivity index (χ1) is 11.4. The molecule has 5 heteroatoms. The average molecular weight is 364 g/mol. The summed E-state index contributed by atoms with van der Waals surface area (Å²) in [7, 11) is 0. The zero-order valence-electron chi connectivity index (χ0n) is 14.1. The monoisotopic (exact) mass is 363 g/mol. The molecule has 2 rings (SSSR count). The Hall–Kier alpha value is -1.49. The van der Waals surface area contributed by atoms with Gasteiger partial charge in [0, 0.05) is 16.3 Å². The van der Waals surface area contributed by atoms with Gasteiger partial charge in [0.25, 0.3) is 0 Å². The number of carbonyl (C=O) groups excluding carboxylic acids is 1. The van der Waals surface area contributed by atoms with Gasteiger partial charge in [0.1, 0.15) is 6.10 Å². The van der Waals surface area contributed by atoms with Gasteiger partial charge in [0.15, 0.2) is 0 Å². The molecule has 0 spiro atoms. The molecule has 2 N–H and O–H groups in total. The summed E-state index contributed by atoms with van der Waals surface area (Å²) in [6.45, 7) is 6.00. The molecule has 2 aromatic rings. The molecule has 3 nitrogen and oxygen atoms in total. The molecule has 0 aliphatic carbocycles. The highest BCUT2D eigenvalue weighted by Crippen LogP contribution is 2.33. The molecule has 0 bridgehead atoms. The zero-order chi connectivity index (χ0) is 17.7. The number of hydrogen-bond donors (Lipinski definition) is 2. The summed E-state index contributed by atoms with van der Waals surface area (Å²) in [5, 5.41) is 14.3. The molecule has 0 aliphatic rings. The van der Waals surface area contributed by atoms with Gasteiger partial charge in [0.2, 0.25) is 5.91 Å². The molecular formula is C19H22ClNO2S. The van der Waals surface area contributed by atoms with Crippen LogP contribution in [0.15, 0.2) is 36.4 Å². The minimum absolute atomic E-state index is 0.0846. The SMILES string of the molecule is CCSCC(=O)Nc1ccc(Cl)cc1[C@H](O)c1cccc(C)c1C. The van der Waals surface area contributed by atoms with Crippen molar-refractivity contribution in [3.63, 3.8) is 0 Å². The van der Waals surface area contributed by atoms with Crippen molar-refractivity contribution in [2.24, 2.45) is 0 Å². The number of rotatable bonds is 6. The summed E-state index contributed by atoms with van der Waals surface area (Å²) in [5.41, 5.74) is 4.15. The number of thioether (sulfide) groups is 1. The van der Waals surface area contributed by atoms with E-state index < -0.39 is 6.10 Å². The summed E-state index contributed by atoms with van der Waals surface area (Å²) in [5.74, 6) is 1.18. The van der Waals surface area contributed by atoms with Gasteiger partial charge in [-0.1, -0.05) is 36.7 Å². The number of carbonyl (C=O) groups is 1. The summed E-state index contributed by atoms with van der Waals surface area (Å²) in [6.07, 6.45) is -0.849. The maximum atomic E-state index is 12.0. The van der Waals surface area contributed by atoms with Crippen molar-refractivity contribution in [1.82, 2.24) is 0 Å². The fourth-order valence-corrected chi connectivity index (χ4v) is 3.13. The van der Waals surface area contributed by atoms with Gasteiger partial charge in [0.05, 0.1) is 5.75 Å². The number of anilines is 1. The fourth-order valence-electron chi connectivity index (χ4n) is 2.49. The van der Waals surface area contributed by atoms with Crippen LogP contribution in [0.2, 0.25) is 5.02 Å². The highest BCUT2D eigenvalue weighted by atomic mass is 35.5. The van der Waals surface area contributed by atoms with Gasteiger partial charge >= 0.3 is 0 Å². The van der Waals surface area contributed by atoms with Crippen LogP contribution in [-0.4, -0.2) is 22.5 Å². The van der Waals surface area contributed by atoms with Gasteiger partial charge in [-0.25, -0.2) is 0 Å². The van der Waals surface area contributed by atoms with Gasteiger partial charge in [-0.15, -0.1) is 0 Å². The Labute approximate surface area is 152 Å². The number of nitrogens with one attached hydrogen (secondary N) is 1. The second-order valence-corrected chi connectivity index (χ2v) is 7.32. The van der Waals surface area contributed by atoms with Crippen molar-refractivity contribution in [3.8, 4) is 0 Å². The molecule has 2 aromatic carbocycles. The Bertz CT molecular complexity index is 733. The summed E-state index contributed by atoms with van der Waals surface area (Å²) < 4.78 is 0. The van der Waals surface area contributed by atoms with Gasteiger partial charge in [-0.05, 0) is 54.5 Å². The van der Waals surface area contributed by atoms with E-state index in [-0.39, 0.29) is 5.91 Å². The maximum Gasteiger partial charge on any atom is 0.234 e. The molecule has 0 unspecified atom stereocenters. The van der Waals surface area contributed by atoms with Crippen LogP contribution in [0, 0.1) is 13.8 Å². The molecule has 1 amide bonds. The Morgan fingerprint density at radius 1 is 1.25 bits per heavy atom. The molecular weight excluding hydrogens is 342 g/mol. The number of aliphatic hydroxyl groups is 1. The van der Waals surface area contributed by atoms with Crippen molar-refractivity contribution in [2.45, 2.75) is 26.9 Å². The molecule has 24 heavy (non-hydrogen) atoms. The molecule has 1 atom stereocenters. The van der Waals surface area contributed by atoms with Crippen molar-refractivity contribution in [2.75, 3.05) is 16.8 Å². The van der Waals surface area contributed by atoms with Crippen LogP contribution in [0.3, 0.4) is 0 Å². The Kier molecular flexibility index (Phi) is 6.72. The van der Waals surface area contributed by atoms with Gasteiger partial charge < -0.3 is 10.4 Å². The quantitative estimate of drug-likeness (QED) is 0.780. The summed E-state index contributed by atoms with van der Waals surface area (Å²) in [4.78, 5) is 12.0. The van der Waals surface area contributed by atoms with Crippen LogP contribution in [0.25, 0.3) is 0 Å². The largest absolute Gasteiger partial charge is 0.384 e. The first kappa shape index (κ1) is 18.8. The first-order valence-electron chi connectivity index (χ1n) is 7.85. The predicted molar refractivity (Wildman–Crippen MR) is 103 cm³/mol. The average Bonchev–Trinajstić information content (AvgIpc) is 2.56. The molecule has 0 heterocycles. The van der Waals surface area contributed by atoms with E-state index in [1.54, 1.807) is 30.0 Å². The number of hydrogen-bond acceptors (Lipinski definition) is 3. The predicted octanol–water partition coefficient (Wildman–Crippen LogP) is 4.73. The topological polar surface area (TPSA) is 49.3 Å². The molecule has 0 saturated carbocycles. The lowest BCUT2D eigenvalue weighted by molar-refractivity contribution is -0.113. The summed E-state index contributed by atoms with van der Waals surface area (Å²) in [6, 6.07) is 11.0. The van der Waals surface area contributed by atoms with Crippen molar-refractivity contribution < 1.29 is 9.90 Å². The number of amides is 1. The smallest absolute Gasteiger partial charge is 0.234 e. The van der Waals surface area contributed by atoms with E-state index in [4.69, 9.17) is 11.6 Å². The molecule has 128 valence electrons. The second kappa shape index (κ2) is 8.56. The normalized spacial score (nSPS) is 12.0. The third-order valence-corrected chi connectivity index (χ3v) is 5.07. The van der Waals surface area contributed by atoms with Crippen LogP contribution >= 0.6 is 23.4 Å². The second-order valence-electron chi connectivity index (χ2n) is 5.61. The van der Waals surface area contributed by atoms with Gasteiger partial charge in [-0.2, -0.15) is 11.8 Å². The van der Waals surface area contributed by atoms with E-state index in [9.17, 15) is 9.90 Å². The number of aliphatic hydroxyl groups excluding tert-OH is 1. The van der Waals surface area contributed by atoms with Crippen molar-refractivity contribution >= 4 is 35.0 Å². The lowest BCUT2D eigenvalue weighted by atomic mass is 9.94. The lowest BCUT2D eigenvalue weighted by Gasteiger charge is -2.19. The van der Waals surface area contributed by atoms with Crippen LogP contribution in [0.5, 0.6) is 0 Å².